The number of unbranched alkanes of at least 4 members (excludes halogenated alkanes) is 1. The summed E-state index contributed by atoms with van der Waals surface area (Å²) in [5.41, 5.74) is 2.65. The maximum Gasteiger partial charge on any atom is 0.119 e. The topological polar surface area (TPSA) is 21.3 Å². The Bertz CT molecular complexity index is 327. The summed E-state index contributed by atoms with van der Waals surface area (Å²) >= 11 is 3.41. The van der Waals surface area contributed by atoms with Gasteiger partial charge in [0.05, 0.1) is 6.61 Å². The normalized spacial score (nSPS) is 13.4. The standard InChI is InChI=1S/C12H16BrNO/c13-6-1-2-8-15-11-3-4-12-10(9-11)5-7-14-12/h3-4,9,14H,1-2,5-8H2. The van der Waals surface area contributed by atoms with Crippen LogP contribution in [0.1, 0.15) is 18.4 Å². The number of alkyl halides is 1. The molecule has 1 heterocycles. The number of nitrogens with one attached hydrogen (secondary N) is 1. The fourth-order valence-corrected chi connectivity index (χ4v) is 2.15. The molecular formula is C12H16BrNO. The lowest BCUT2D eigenvalue weighted by Crippen LogP contribution is -1.97. The van der Waals surface area contributed by atoms with Gasteiger partial charge in [-0.15, -0.1) is 0 Å². The summed E-state index contributed by atoms with van der Waals surface area (Å²) in [5.74, 6) is 1.01. The van der Waals surface area contributed by atoms with Crippen LogP contribution in [-0.2, 0) is 6.42 Å². The van der Waals surface area contributed by atoms with Crippen molar-refractivity contribution < 1.29 is 4.74 Å². The lowest BCUT2D eigenvalue weighted by atomic mass is 10.1. The van der Waals surface area contributed by atoms with Crippen molar-refractivity contribution in [3.63, 3.8) is 0 Å². The number of fused-ring (bicyclic) bond motifs is 1. The van der Waals surface area contributed by atoms with Crippen molar-refractivity contribution in [1.82, 2.24) is 0 Å². The Hall–Kier alpha value is -0.700. The van der Waals surface area contributed by atoms with E-state index in [0.29, 0.717) is 0 Å². The average molecular weight is 270 g/mol. The molecule has 1 aromatic rings. The van der Waals surface area contributed by atoms with Gasteiger partial charge in [0.1, 0.15) is 5.75 Å². The van der Waals surface area contributed by atoms with Gasteiger partial charge in [-0.25, -0.2) is 0 Å². The third kappa shape index (κ3) is 2.88. The molecule has 1 aliphatic heterocycles. The van der Waals surface area contributed by atoms with Gasteiger partial charge < -0.3 is 10.1 Å². The second-order valence-corrected chi connectivity index (χ2v) is 4.53. The van der Waals surface area contributed by atoms with Crippen LogP contribution in [0.4, 0.5) is 5.69 Å². The van der Waals surface area contributed by atoms with E-state index in [4.69, 9.17) is 4.74 Å². The average Bonchev–Trinajstić information content (AvgIpc) is 2.71. The Kier molecular flexibility index (Phi) is 3.89. The number of rotatable bonds is 5. The highest BCUT2D eigenvalue weighted by Gasteiger charge is 2.09. The van der Waals surface area contributed by atoms with Crippen molar-refractivity contribution in [3.8, 4) is 5.75 Å². The molecule has 0 fully saturated rings. The van der Waals surface area contributed by atoms with Crippen LogP contribution in [0.15, 0.2) is 18.2 Å². The van der Waals surface area contributed by atoms with Gasteiger partial charge in [0.15, 0.2) is 0 Å². The smallest absolute Gasteiger partial charge is 0.119 e. The lowest BCUT2D eigenvalue weighted by Gasteiger charge is -2.07. The van der Waals surface area contributed by atoms with Crippen LogP contribution in [0.3, 0.4) is 0 Å². The second kappa shape index (κ2) is 5.40. The molecule has 0 amide bonds. The number of hydrogen-bond acceptors (Lipinski definition) is 2. The Labute approximate surface area is 99.1 Å². The van der Waals surface area contributed by atoms with Crippen LogP contribution in [0.25, 0.3) is 0 Å². The third-order valence-electron chi connectivity index (χ3n) is 2.58. The molecule has 2 nitrogen and oxygen atoms in total. The zero-order valence-corrected chi connectivity index (χ0v) is 10.3. The van der Waals surface area contributed by atoms with E-state index in [0.717, 1.165) is 37.1 Å². The van der Waals surface area contributed by atoms with Crippen molar-refractivity contribution in [2.45, 2.75) is 19.3 Å². The fraction of sp³-hybridized carbons (Fsp3) is 0.500. The lowest BCUT2D eigenvalue weighted by molar-refractivity contribution is 0.310. The van der Waals surface area contributed by atoms with Crippen molar-refractivity contribution in [3.05, 3.63) is 23.8 Å². The zero-order valence-electron chi connectivity index (χ0n) is 8.76. The van der Waals surface area contributed by atoms with Crippen LogP contribution in [0.5, 0.6) is 5.75 Å². The summed E-state index contributed by atoms with van der Waals surface area (Å²) in [4.78, 5) is 0. The minimum absolute atomic E-state index is 0.817. The molecule has 0 unspecified atom stereocenters. The SMILES string of the molecule is BrCCCCOc1ccc2c(c1)CCN2. The van der Waals surface area contributed by atoms with E-state index in [1.807, 2.05) is 6.07 Å². The highest BCUT2D eigenvalue weighted by atomic mass is 79.9. The second-order valence-electron chi connectivity index (χ2n) is 3.74. The largest absolute Gasteiger partial charge is 0.494 e. The molecule has 1 aliphatic rings. The first-order valence-corrected chi connectivity index (χ1v) is 6.58. The van der Waals surface area contributed by atoms with Crippen molar-refractivity contribution in [2.75, 3.05) is 23.8 Å². The van der Waals surface area contributed by atoms with E-state index < -0.39 is 0 Å². The first kappa shape index (κ1) is 10.8. The van der Waals surface area contributed by atoms with Gasteiger partial charge in [-0.05, 0) is 43.0 Å². The van der Waals surface area contributed by atoms with Gasteiger partial charge in [0, 0.05) is 17.6 Å². The summed E-state index contributed by atoms with van der Waals surface area (Å²) < 4.78 is 5.68. The predicted molar refractivity (Wildman–Crippen MR) is 67.2 cm³/mol. The fourth-order valence-electron chi connectivity index (χ4n) is 1.76. The van der Waals surface area contributed by atoms with Gasteiger partial charge in [0.25, 0.3) is 0 Å². The quantitative estimate of drug-likeness (QED) is 0.655. The minimum atomic E-state index is 0.817. The monoisotopic (exact) mass is 269 g/mol. The Morgan fingerprint density at radius 3 is 3.13 bits per heavy atom. The summed E-state index contributed by atoms with van der Waals surface area (Å²) in [6, 6.07) is 6.32. The summed E-state index contributed by atoms with van der Waals surface area (Å²) in [5, 5.41) is 4.40. The van der Waals surface area contributed by atoms with Crippen LogP contribution < -0.4 is 10.1 Å². The molecule has 82 valence electrons. The van der Waals surface area contributed by atoms with Crippen LogP contribution >= 0.6 is 15.9 Å². The van der Waals surface area contributed by atoms with Gasteiger partial charge in [-0.1, -0.05) is 15.9 Å². The minimum Gasteiger partial charge on any atom is -0.494 e. The molecule has 1 N–H and O–H groups in total. The molecule has 0 aromatic heterocycles. The summed E-state index contributed by atoms with van der Waals surface area (Å²) in [6.45, 7) is 1.88. The van der Waals surface area contributed by atoms with E-state index in [-0.39, 0.29) is 0 Å². The Morgan fingerprint density at radius 1 is 1.33 bits per heavy atom. The molecule has 0 spiro atoms. The number of benzene rings is 1. The summed E-state index contributed by atoms with van der Waals surface area (Å²) in [7, 11) is 0. The molecule has 2 rings (SSSR count). The van der Waals surface area contributed by atoms with E-state index in [9.17, 15) is 0 Å². The van der Waals surface area contributed by atoms with Gasteiger partial charge >= 0.3 is 0 Å². The highest BCUT2D eigenvalue weighted by Crippen LogP contribution is 2.26. The molecular weight excluding hydrogens is 254 g/mol. The molecule has 0 radical (unpaired) electrons. The molecule has 1 aromatic carbocycles. The molecule has 0 atom stereocenters. The Balaban J connectivity index is 1.87. The number of hydrogen-bond donors (Lipinski definition) is 1. The number of anilines is 1. The first-order valence-electron chi connectivity index (χ1n) is 5.46. The van der Waals surface area contributed by atoms with E-state index >= 15 is 0 Å². The van der Waals surface area contributed by atoms with E-state index in [1.165, 1.54) is 17.7 Å². The van der Waals surface area contributed by atoms with Crippen molar-refractivity contribution in [2.24, 2.45) is 0 Å². The number of ether oxygens (including phenoxy) is 1. The third-order valence-corrected chi connectivity index (χ3v) is 3.14. The first-order chi connectivity index (χ1) is 7.40. The maximum atomic E-state index is 5.68. The summed E-state index contributed by atoms with van der Waals surface area (Å²) in [6.07, 6.45) is 3.40. The maximum absolute atomic E-state index is 5.68. The van der Waals surface area contributed by atoms with Crippen molar-refractivity contribution >= 4 is 21.6 Å². The zero-order chi connectivity index (χ0) is 10.5. The molecule has 0 saturated heterocycles. The molecule has 0 bridgehead atoms. The molecule has 3 heteroatoms. The highest BCUT2D eigenvalue weighted by molar-refractivity contribution is 9.09. The van der Waals surface area contributed by atoms with Gasteiger partial charge in [0.2, 0.25) is 0 Å². The van der Waals surface area contributed by atoms with Crippen LogP contribution in [-0.4, -0.2) is 18.5 Å². The van der Waals surface area contributed by atoms with Gasteiger partial charge in [-0.2, -0.15) is 0 Å². The molecule has 0 saturated carbocycles. The van der Waals surface area contributed by atoms with Crippen LogP contribution in [0, 0.1) is 0 Å². The van der Waals surface area contributed by atoms with Gasteiger partial charge in [-0.3, -0.25) is 0 Å². The number of halogens is 1. The molecule has 0 aliphatic carbocycles. The molecule has 15 heavy (non-hydrogen) atoms. The Morgan fingerprint density at radius 2 is 2.27 bits per heavy atom. The predicted octanol–water partition coefficient (Wildman–Crippen LogP) is 3.21. The van der Waals surface area contributed by atoms with E-state index in [2.05, 4.69) is 33.4 Å². The van der Waals surface area contributed by atoms with Crippen LogP contribution in [0.2, 0.25) is 0 Å². The van der Waals surface area contributed by atoms with Crippen molar-refractivity contribution in [1.29, 1.82) is 0 Å². The van der Waals surface area contributed by atoms with E-state index in [1.54, 1.807) is 0 Å².